The number of quaternary nitrogens is 1. The Bertz CT molecular complexity index is 970. The summed E-state index contributed by atoms with van der Waals surface area (Å²) in [5.74, 6) is -0.384. The second-order valence-corrected chi connectivity index (χ2v) is 9.15. The maximum absolute atomic E-state index is 13.1. The average molecular weight is 404 g/mol. The van der Waals surface area contributed by atoms with Crippen molar-refractivity contribution in [2.75, 3.05) is 44.2 Å². The first-order valence-electron chi connectivity index (χ1n) is 9.43. The highest BCUT2D eigenvalue weighted by atomic mass is 32.2. The van der Waals surface area contributed by atoms with Crippen LogP contribution >= 0.6 is 0 Å². The predicted octanol–water partition coefficient (Wildman–Crippen LogP) is 0.304. The molecular formula is C20H23FN3O3S+. The van der Waals surface area contributed by atoms with Gasteiger partial charge in [-0.2, -0.15) is 4.31 Å². The van der Waals surface area contributed by atoms with Crippen LogP contribution in [0.5, 0.6) is 0 Å². The number of hydrogen-bond donors (Lipinski definition) is 1. The van der Waals surface area contributed by atoms with Gasteiger partial charge in [-0.1, -0.05) is 18.2 Å². The van der Waals surface area contributed by atoms with E-state index in [2.05, 4.69) is 6.07 Å². The van der Waals surface area contributed by atoms with E-state index in [0.717, 1.165) is 29.1 Å². The van der Waals surface area contributed by atoms with Crippen LogP contribution in [0.3, 0.4) is 0 Å². The van der Waals surface area contributed by atoms with Crippen molar-refractivity contribution in [3.63, 3.8) is 0 Å². The third kappa shape index (κ3) is 3.67. The summed E-state index contributed by atoms with van der Waals surface area (Å²) in [7, 11) is -3.63. The van der Waals surface area contributed by atoms with E-state index in [1.165, 1.54) is 22.0 Å². The van der Waals surface area contributed by atoms with Crippen molar-refractivity contribution >= 4 is 21.6 Å². The lowest BCUT2D eigenvalue weighted by molar-refractivity contribution is -0.895. The van der Waals surface area contributed by atoms with Gasteiger partial charge in [0.1, 0.15) is 5.82 Å². The van der Waals surface area contributed by atoms with E-state index < -0.39 is 15.8 Å². The number of anilines is 1. The van der Waals surface area contributed by atoms with Crippen molar-refractivity contribution in [1.29, 1.82) is 0 Å². The molecule has 1 saturated heterocycles. The van der Waals surface area contributed by atoms with Crippen LogP contribution in [0.25, 0.3) is 0 Å². The van der Waals surface area contributed by atoms with E-state index in [4.69, 9.17) is 0 Å². The molecule has 4 rings (SSSR count). The summed E-state index contributed by atoms with van der Waals surface area (Å²) in [6.45, 7) is 2.90. The molecule has 1 amide bonds. The van der Waals surface area contributed by atoms with Crippen LogP contribution in [0.2, 0.25) is 0 Å². The fraction of sp³-hybridized carbons (Fsp3) is 0.350. The molecule has 1 fully saturated rings. The van der Waals surface area contributed by atoms with E-state index in [-0.39, 0.29) is 10.8 Å². The lowest BCUT2D eigenvalue weighted by Gasteiger charge is -2.32. The molecule has 2 aromatic rings. The number of carbonyl (C=O) groups is 1. The van der Waals surface area contributed by atoms with Gasteiger partial charge in [0.25, 0.3) is 5.91 Å². The fourth-order valence-electron chi connectivity index (χ4n) is 3.88. The van der Waals surface area contributed by atoms with Gasteiger partial charge in [-0.3, -0.25) is 4.79 Å². The Balaban J connectivity index is 1.36. The largest absolute Gasteiger partial charge is 0.325 e. The molecule has 0 aromatic heterocycles. The van der Waals surface area contributed by atoms with Gasteiger partial charge in [0, 0.05) is 12.2 Å². The second-order valence-electron chi connectivity index (χ2n) is 7.21. The Morgan fingerprint density at radius 2 is 1.68 bits per heavy atom. The topological polar surface area (TPSA) is 62.1 Å². The molecule has 6 nitrogen and oxygen atoms in total. The van der Waals surface area contributed by atoms with E-state index in [1.54, 1.807) is 0 Å². The van der Waals surface area contributed by atoms with E-state index >= 15 is 0 Å². The Kier molecular flexibility index (Phi) is 5.18. The lowest BCUT2D eigenvalue weighted by Crippen LogP contribution is -3.15. The van der Waals surface area contributed by atoms with Gasteiger partial charge in [-0.25, -0.2) is 12.8 Å². The quantitative estimate of drug-likeness (QED) is 0.798. The van der Waals surface area contributed by atoms with Crippen molar-refractivity contribution in [2.45, 2.75) is 11.3 Å². The van der Waals surface area contributed by atoms with Crippen molar-refractivity contribution < 1.29 is 22.5 Å². The van der Waals surface area contributed by atoms with Gasteiger partial charge >= 0.3 is 0 Å². The highest BCUT2D eigenvalue weighted by Gasteiger charge is 2.33. The highest BCUT2D eigenvalue weighted by Crippen LogP contribution is 2.27. The van der Waals surface area contributed by atoms with Crippen LogP contribution in [-0.2, 0) is 21.2 Å². The number of benzene rings is 2. The SMILES string of the molecule is O=C(C[NH+]1CCN(S(=O)(=O)c2ccc(F)cc2)CC1)N1CCc2ccccc21. The molecule has 8 heteroatoms. The molecule has 2 aliphatic rings. The third-order valence-corrected chi connectivity index (χ3v) is 7.38. The first-order chi connectivity index (χ1) is 13.4. The van der Waals surface area contributed by atoms with Crippen molar-refractivity contribution in [3.8, 4) is 0 Å². The van der Waals surface area contributed by atoms with Gasteiger partial charge in [-0.05, 0) is 42.3 Å². The number of rotatable bonds is 4. The molecular weight excluding hydrogens is 381 g/mol. The number of amides is 1. The zero-order valence-electron chi connectivity index (χ0n) is 15.5. The first-order valence-corrected chi connectivity index (χ1v) is 10.9. The van der Waals surface area contributed by atoms with E-state index in [9.17, 15) is 17.6 Å². The molecule has 2 aliphatic heterocycles. The van der Waals surface area contributed by atoms with Crippen LogP contribution in [0.15, 0.2) is 53.4 Å². The Hall–Kier alpha value is -2.29. The van der Waals surface area contributed by atoms with Crippen LogP contribution in [0.4, 0.5) is 10.1 Å². The monoisotopic (exact) mass is 404 g/mol. The van der Waals surface area contributed by atoms with Crippen LogP contribution < -0.4 is 9.80 Å². The fourth-order valence-corrected chi connectivity index (χ4v) is 5.32. The van der Waals surface area contributed by atoms with Crippen LogP contribution in [-0.4, -0.2) is 57.9 Å². The molecule has 2 heterocycles. The normalized spacial score (nSPS) is 18.2. The maximum atomic E-state index is 13.1. The number of halogens is 1. The number of nitrogens with one attached hydrogen (secondary N) is 1. The molecule has 0 unspecified atom stereocenters. The smallest absolute Gasteiger partial charge is 0.282 e. The number of para-hydroxylation sites is 1. The number of nitrogens with zero attached hydrogens (tertiary/aromatic N) is 2. The minimum Gasteiger partial charge on any atom is -0.325 e. The Morgan fingerprint density at radius 3 is 2.39 bits per heavy atom. The first kappa shape index (κ1) is 19.0. The molecule has 0 bridgehead atoms. The third-order valence-electron chi connectivity index (χ3n) is 5.47. The summed E-state index contributed by atoms with van der Waals surface area (Å²) < 4.78 is 39.9. The molecule has 0 spiro atoms. The maximum Gasteiger partial charge on any atom is 0.282 e. The lowest BCUT2D eigenvalue weighted by atomic mass is 10.2. The minimum atomic E-state index is -3.63. The zero-order valence-corrected chi connectivity index (χ0v) is 16.3. The summed E-state index contributed by atoms with van der Waals surface area (Å²) in [6, 6.07) is 12.8. The molecule has 0 saturated carbocycles. The van der Waals surface area contributed by atoms with Crippen LogP contribution in [0, 0.1) is 5.82 Å². The van der Waals surface area contributed by atoms with Crippen LogP contribution in [0.1, 0.15) is 5.56 Å². The van der Waals surface area contributed by atoms with Gasteiger partial charge in [-0.15, -0.1) is 0 Å². The summed E-state index contributed by atoms with van der Waals surface area (Å²) in [4.78, 5) is 15.8. The molecule has 148 valence electrons. The molecule has 1 N–H and O–H groups in total. The predicted molar refractivity (Wildman–Crippen MR) is 103 cm³/mol. The summed E-state index contributed by atoms with van der Waals surface area (Å²) in [5.41, 5.74) is 2.19. The number of piperazine rings is 1. The standard InChI is InChI=1S/C20H22FN3O3S/c21-17-5-7-18(8-6-17)28(26,27)23-13-11-22(12-14-23)15-20(25)24-10-9-16-3-1-2-4-19(16)24/h1-8H,9-15H2/p+1. The highest BCUT2D eigenvalue weighted by molar-refractivity contribution is 7.89. The number of fused-ring (bicyclic) bond motifs is 1. The minimum absolute atomic E-state index is 0.0785. The van der Waals surface area contributed by atoms with E-state index in [1.807, 2.05) is 23.1 Å². The molecule has 0 aliphatic carbocycles. The number of hydrogen-bond acceptors (Lipinski definition) is 3. The molecule has 2 aromatic carbocycles. The van der Waals surface area contributed by atoms with E-state index in [0.29, 0.717) is 39.3 Å². The summed E-state index contributed by atoms with van der Waals surface area (Å²) in [6.07, 6.45) is 0.876. The van der Waals surface area contributed by atoms with Gasteiger partial charge in [0.05, 0.1) is 31.1 Å². The van der Waals surface area contributed by atoms with Gasteiger partial charge in [0.15, 0.2) is 6.54 Å². The second kappa shape index (κ2) is 7.62. The number of carbonyl (C=O) groups excluding carboxylic acids is 1. The van der Waals surface area contributed by atoms with Crippen molar-refractivity contribution in [1.82, 2.24) is 4.31 Å². The van der Waals surface area contributed by atoms with Crippen molar-refractivity contribution in [3.05, 3.63) is 59.9 Å². The Morgan fingerprint density at radius 1 is 1.00 bits per heavy atom. The zero-order chi connectivity index (χ0) is 19.7. The summed E-state index contributed by atoms with van der Waals surface area (Å²) in [5, 5.41) is 0. The molecule has 28 heavy (non-hydrogen) atoms. The van der Waals surface area contributed by atoms with Gasteiger partial charge in [0.2, 0.25) is 10.0 Å². The molecule has 0 radical (unpaired) electrons. The van der Waals surface area contributed by atoms with Gasteiger partial charge < -0.3 is 9.80 Å². The van der Waals surface area contributed by atoms with Crippen molar-refractivity contribution in [2.24, 2.45) is 0 Å². The number of sulfonamides is 1. The Labute approximate surface area is 164 Å². The molecule has 0 atom stereocenters. The summed E-state index contributed by atoms with van der Waals surface area (Å²) >= 11 is 0. The average Bonchev–Trinajstić information content (AvgIpc) is 3.13.